The molecule has 0 unspecified atom stereocenters. The minimum Gasteiger partial charge on any atom is -1.00 e. The van der Waals surface area contributed by atoms with Crippen molar-refractivity contribution in [3.63, 3.8) is 0 Å². The van der Waals surface area contributed by atoms with Crippen molar-refractivity contribution in [1.82, 2.24) is 0 Å². The first-order chi connectivity index (χ1) is 11.6. The summed E-state index contributed by atoms with van der Waals surface area (Å²) in [6, 6.07) is 0. The maximum Gasteiger partial charge on any atom is 2.00 e. The van der Waals surface area contributed by atoms with E-state index in [1.807, 2.05) is 0 Å². The van der Waals surface area contributed by atoms with Gasteiger partial charge in [-0.1, -0.05) is 0 Å². The van der Waals surface area contributed by atoms with Crippen LogP contribution in [0.4, 0.5) is 0 Å². The molecule has 0 heterocycles. The molecular formula is C12H21CaK3O14. The van der Waals surface area contributed by atoms with E-state index < -0.39 is 72.7 Å². The predicted molar refractivity (Wildman–Crippen MR) is 85.5 cm³/mol. The van der Waals surface area contributed by atoms with Gasteiger partial charge in [0.15, 0.2) is 11.2 Å². The van der Waals surface area contributed by atoms with Crippen molar-refractivity contribution in [1.29, 1.82) is 0 Å². The molecule has 0 atom stereocenters. The summed E-state index contributed by atoms with van der Waals surface area (Å²) in [4.78, 5) is 61.0. The molecule has 0 aliphatic rings. The third-order valence-electron chi connectivity index (χ3n) is 2.57. The summed E-state index contributed by atoms with van der Waals surface area (Å²) in [7, 11) is 0. The third kappa shape index (κ3) is 22.7. The molecule has 0 rings (SSSR count). The number of aliphatic carboxylic acids is 6. The van der Waals surface area contributed by atoms with Crippen LogP contribution in [0.15, 0.2) is 0 Å². The third-order valence-corrected chi connectivity index (χ3v) is 2.57. The number of aliphatic hydroxyl groups is 2. The number of hydrogen-bond acceptors (Lipinski definition) is 8. The fourth-order valence-corrected chi connectivity index (χ4v) is 1.43. The molecule has 14 nitrogen and oxygen atoms in total. The maximum atomic E-state index is 10.3. The minimum atomic E-state index is -2.74. The summed E-state index contributed by atoms with van der Waals surface area (Å²) in [5, 5.41) is 67.6. The molecule has 158 valence electrons. The Morgan fingerprint density at radius 2 is 0.633 bits per heavy atom. The molecule has 0 radical (unpaired) electrons. The van der Waals surface area contributed by atoms with Crippen LogP contribution in [0.2, 0.25) is 0 Å². The average Bonchev–Trinajstić information content (AvgIpc) is 2.34. The molecule has 0 saturated carbocycles. The second-order valence-corrected chi connectivity index (χ2v) is 4.96. The van der Waals surface area contributed by atoms with Gasteiger partial charge in [-0.25, -0.2) is 9.59 Å². The number of carboxylic acids is 6. The molecule has 0 aromatic heterocycles. The molecule has 8 N–H and O–H groups in total. The Hall–Kier alpha value is 2.91. The SMILES string of the molecule is O=C(O)CC(O)(CC(=O)O)C(=O)O.O=C(O)CC(O)(CC(=O)O)C(=O)O.[Ca+2].[H-].[H-].[H-].[H-].[H-].[K+].[K+].[K+]. The van der Waals surface area contributed by atoms with Crippen LogP contribution >= 0.6 is 0 Å². The van der Waals surface area contributed by atoms with Gasteiger partial charge in [-0.05, 0) is 0 Å². The summed E-state index contributed by atoms with van der Waals surface area (Å²) in [5.41, 5.74) is -5.48. The van der Waals surface area contributed by atoms with E-state index in [9.17, 15) is 28.8 Å². The normalized spacial score (nSPS) is 9.40. The van der Waals surface area contributed by atoms with E-state index in [2.05, 4.69) is 0 Å². The molecule has 0 spiro atoms. The average molecular weight is 547 g/mol. The van der Waals surface area contributed by atoms with E-state index >= 15 is 0 Å². The van der Waals surface area contributed by atoms with Crippen molar-refractivity contribution in [3.8, 4) is 0 Å². The molecule has 0 bridgehead atoms. The van der Waals surface area contributed by atoms with E-state index in [0.29, 0.717) is 0 Å². The zero-order chi connectivity index (χ0) is 21.3. The Balaban J connectivity index is -0.0000000291. The summed E-state index contributed by atoms with van der Waals surface area (Å²) in [5.74, 6) is -10.0. The van der Waals surface area contributed by atoms with Gasteiger partial charge >= 0.3 is 228 Å². The van der Waals surface area contributed by atoms with Gasteiger partial charge in [0.1, 0.15) is 0 Å². The summed E-state index contributed by atoms with van der Waals surface area (Å²) in [6.07, 6.45) is -4.58. The van der Waals surface area contributed by atoms with Crippen LogP contribution < -0.4 is 154 Å². The second kappa shape index (κ2) is 22.4. The van der Waals surface area contributed by atoms with E-state index in [0.717, 1.165) is 0 Å². The molecule has 0 fully saturated rings. The summed E-state index contributed by atoms with van der Waals surface area (Å²) < 4.78 is 0. The Kier molecular flexibility index (Phi) is 34.5. The van der Waals surface area contributed by atoms with Crippen LogP contribution in [-0.2, 0) is 28.8 Å². The molecule has 30 heavy (non-hydrogen) atoms. The van der Waals surface area contributed by atoms with Crippen molar-refractivity contribution in [2.24, 2.45) is 0 Å². The van der Waals surface area contributed by atoms with Gasteiger partial charge in [-0.3, -0.25) is 19.2 Å². The Morgan fingerprint density at radius 1 is 0.500 bits per heavy atom. The fraction of sp³-hybridized carbons (Fsp3) is 0.500. The topological polar surface area (TPSA) is 264 Å². The Bertz CT molecular complexity index is 548. The molecule has 18 heteroatoms. The van der Waals surface area contributed by atoms with Gasteiger partial charge in [0.2, 0.25) is 0 Å². The van der Waals surface area contributed by atoms with Gasteiger partial charge in [-0.2, -0.15) is 0 Å². The van der Waals surface area contributed by atoms with Crippen molar-refractivity contribution in [3.05, 3.63) is 0 Å². The number of carbonyl (C=O) groups is 6. The zero-order valence-corrected chi connectivity index (χ0v) is 28.1. The molecule has 0 saturated heterocycles. The van der Waals surface area contributed by atoms with Crippen molar-refractivity contribution in [2.75, 3.05) is 0 Å². The van der Waals surface area contributed by atoms with Crippen molar-refractivity contribution < 1.29 is 231 Å². The largest absolute Gasteiger partial charge is 2.00 e. The van der Waals surface area contributed by atoms with Gasteiger partial charge in [0.25, 0.3) is 0 Å². The van der Waals surface area contributed by atoms with Crippen LogP contribution in [0.1, 0.15) is 32.8 Å². The summed E-state index contributed by atoms with van der Waals surface area (Å²) >= 11 is 0. The summed E-state index contributed by atoms with van der Waals surface area (Å²) in [6.45, 7) is 0. The minimum absolute atomic E-state index is 0. The molecule has 0 amide bonds. The molecule has 0 aliphatic heterocycles. The predicted octanol–water partition coefficient (Wildman–Crippen LogP) is -11.3. The van der Waals surface area contributed by atoms with Crippen LogP contribution in [0.25, 0.3) is 0 Å². The standard InChI is InChI=1S/2C6H8O7.Ca.3K.5H/c2*7-3(8)1-6(13,5(11)12)2-4(9)10;;;;;;;;;/h2*13H,1-2H2,(H,7,8)(H,9,10)(H,11,12);;;;;;;;;/q;;+2;3*+1;5*-1. The Labute approximate surface area is 333 Å². The van der Waals surface area contributed by atoms with Gasteiger partial charge < -0.3 is 48.0 Å². The van der Waals surface area contributed by atoms with Gasteiger partial charge in [0.05, 0.1) is 25.7 Å². The first-order valence-electron chi connectivity index (χ1n) is 6.34. The van der Waals surface area contributed by atoms with E-state index in [-0.39, 0.29) is 199 Å². The maximum absolute atomic E-state index is 10.3. The van der Waals surface area contributed by atoms with Crippen LogP contribution in [0.3, 0.4) is 0 Å². The second-order valence-electron chi connectivity index (χ2n) is 4.96. The quantitative estimate of drug-likeness (QED) is 0.118. The zero-order valence-electron chi connectivity index (χ0n) is 21.6. The number of rotatable bonds is 10. The first-order valence-corrected chi connectivity index (χ1v) is 6.34. The number of carboxylic acid groups (broad SMARTS) is 6. The van der Waals surface area contributed by atoms with Crippen LogP contribution in [-0.4, -0.2) is 126 Å². The number of hydrogen-bond donors (Lipinski definition) is 8. The molecule has 0 aliphatic carbocycles. The van der Waals surface area contributed by atoms with Crippen LogP contribution in [0, 0.1) is 0 Å². The molecule has 0 aromatic rings. The first kappa shape index (κ1) is 46.3. The molecular weight excluding hydrogens is 525 g/mol. The fourth-order valence-electron chi connectivity index (χ4n) is 1.43. The van der Waals surface area contributed by atoms with Gasteiger partial charge in [-0.15, -0.1) is 0 Å². The van der Waals surface area contributed by atoms with E-state index in [1.54, 1.807) is 0 Å². The van der Waals surface area contributed by atoms with Crippen molar-refractivity contribution >= 4 is 73.6 Å². The van der Waals surface area contributed by atoms with E-state index in [1.165, 1.54) is 0 Å². The van der Waals surface area contributed by atoms with E-state index in [4.69, 9.17) is 40.9 Å². The monoisotopic (exact) mass is 546 g/mol. The van der Waals surface area contributed by atoms with Crippen molar-refractivity contribution in [2.45, 2.75) is 36.9 Å². The van der Waals surface area contributed by atoms with Gasteiger partial charge in [0, 0.05) is 0 Å². The van der Waals surface area contributed by atoms with Crippen LogP contribution in [0.5, 0.6) is 0 Å². The smallest absolute Gasteiger partial charge is 1.00 e. The Morgan fingerprint density at radius 3 is 0.700 bits per heavy atom. The molecule has 0 aromatic carbocycles.